The standard InChI is InChI=1S/C29H31BrCl2FN5O.H2/c30-23-4-1-20(2-5-23)17-35-29(39)22-16-26(32)28(34-18-22)38-13-11-37(12-14-38)24-7-9-36(10-8-24)19-21-3-6-25(31)27(33)15-21;/h1-6,15-16,18,24H,7-14,17,19H2,(H,35,39);1H. The maximum Gasteiger partial charge on any atom is 0.253 e. The predicted molar refractivity (Wildman–Crippen MR) is 160 cm³/mol. The van der Waals surface area contributed by atoms with Crippen LogP contribution in [0.2, 0.25) is 10.0 Å². The number of piperidine rings is 1. The van der Waals surface area contributed by atoms with E-state index in [4.69, 9.17) is 23.2 Å². The number of carbonyl (C=O) groups excluding carboxylic acids is 1. The minimum atomic E-state index is -0.355. The van der Waals surface area contributed by atoms with Gasteiger partial charge >= 0.3 is 0 Å². The molecule has 1 aromatic heterocycles. The molecule has 2 aromatic carbocycles. The number of nitrogens with zero attached hydrogens (tertiary/aromatic N) is 4. The van der Waals surface area contributed by atoms with Crippen LogP contribution in [-0.4, -0.2) is 66.0 Å². The molecule has 3 aromatic rings. The molecular weight excluding hydrogens is 604 g/mol. The minimum Gasteiger partial charge on any atom is -0.353 e. The van der Waals surface area contributed by atoms with Gasteiger partial charge in [0, 0.05) is 57.4 Å². The quantitative estimate of drug-likeness (QED) is 0.332. The van der Waals surface area contributed by atoms with Crippen molar-refractivity contribution in [2.24, 2.45) is 0 Å². The summed E-state index contributed by atoms with van der Waals surface area (Å²) >= 11 is 15.8. The van der Waals surface area contributed by atoms with Gasteiger partial charge in [-0.15, -0.1) is 0 Å². The summed E-state index contributed by atoms with van der Waals surface area (Å²) in [6.07, 6.45) is 3.80. The van der Waals surface area contributed by atoms with Gasteiger partial charge in [0.05, 0.1) is 15.6 Å². The van der Waals surface area contributed by atoms with Gasteiger partial charge in [-0.1, -0.05) is 57.3 Å². The van der Waals surface area contributed by atoms with Gasteiger partial charge in [-0.3, -0.25) is 14.6 Å². The van der Waals surface area contributed by atoms with Crippen molar-refractivity contribution in [3.05, 3.63) is 91.8 Å². The van der Waals surface area contributed by atoms with Gasteiger partial charge in [0.15, 0.2) is 0 Å². The number of carbonyl (C=O) groups is 1. The third kappa shape index (κ3) is 7.30. The van der Waals surface area contributed by atoms with Crippen LogP contribution in [0.25, 0.3) is 0 Å². The second-order valence-electron chi connectivity index (χ2n) is 10.1. The van der Waals surface area contributed by atoms with E-state index in [-0.39, 0.29) is 18.2 Å². The van der Waals surface area contributed by atoms with Crippen LogP contribution in [0.3, 0.4) is 0 Å². The zero-order valence-electron chi connectivity index (χ0n) is 21.6. The molecule has 2 aliphatic heterocycles. The molecule has 208 valence electrons. The zero-order chi connectivity index (χ0) is 27.4. The van der Waals surface area contributed by atoms with E-state index in [2.05, 4.69) is 40.9 Å². The summed E-state index contributed by atoms with van der Waals surface area (Å²) in [5.41, 5.74) is 2.43. The minimum absolute atomic E-state index is 0. The molecule has 0 spiro atoms. The second-order valence-corrected chi connectivity index (χ2v) is 11.8. The molecule has 0 atom stereocenters. The number of rotatable bonds is 7. The smallest absolute Gasteiger partial charge is 0.253 e. The van der Waals surface area contributed by atoms with Crippen molar-refractivity contribution in [1.29, 1.82) is 0 Å². The Morgan fingerprint density at radius 3 is 2.33 bits per heavy atom. The molecular formula is C29H33BrCl2FN5O. The average Bonchev–Trinajstić information content (AvgIpc) is 2.95. The van der Waals surface area contributed by atoms with E-state index in [1.807, 2.05) is 30.3 Å². The fourth-order valence-corrected chi connectivity index (χ4v) is 5.98. The van der Waals surface area contributed by atoms with Crippen LogP contribution in [0.1, 0.15) is 35.8 Å². The highest BCUT2D eigenvalue weighted by molar-refractivity contribution is 9.10. The van der Waals surface area contributed by atoms with Crippen molar-refractivity contribution in [3.8, 4) is 0 Å². The first kappa shape index (κ1) is 28.3. The number of pyridine rings is 1. The molecule has 2 aliphatic rings. The predicted octanol–water partition coefficient (Wildman–Crippen LogP) is 6.25. The lowest BCUT2D eigenvalue weighted by atomic mass is 10.0. The van der Waals surface area contributed by atoms with Crippen LogP contribution in [0, 0.1) is 5.82 Å². The molecule has 0 aliphatic carbocycles. The Kier molecular flexibility index (Phi) is 9.40. The van der Waals surface area contributed by atoms with Gasteiger partial charge in [0.2, 0.25) is 0 Å². The Labute approximate surface area is 248 Å². The van der Waals surface area contributed by atoms with E-state index in [9.17, 15) is 9.18 Å². The molecule has 1 amide bonds. The first-order valence-electron chi connectivity index (χ1n) is 13.2. The first-order valence-corrected chi connectivity index (χ1v) is 14.7. The van der Waals surface area contributed by atoms with Gasteiger partial charge in [-0.25, -0.2) is 9.37 Å². The number of aromatic nitrogens is 1. The summed E-state index contributed by atoms with van der Waals surface area (Å²) in [6, 6.07) is 15.1. The number of nitrogens with one attached hydrogen (secondary N) is 1. The van der Waals surface area contributed by atoms with Crippen LogP contribution in [0.5, 0.6) is 0 Å². The maximum absolute atomic E-state index is 13.8. The van der Waals surface area contributed by atoms with Crippen molar-refractivity contribution >= 4 is 50.9 Å². The average molecular weight is 637 g/mol. The van der Waals surface area contributed by atoms with Crippen molar-refractivity contribution in [3.63, 3.8) is 0 Å². The monoisotopic (exact) mass is 635 g/mol. The summed E-state index contributed by atoms with van der Waals surface area (Å²) in [6.45, 7) is 6.74. The summed E-state index contributed by atoms with van der Waals surface area (Å²) in [5, 5.41) is 3.59. The molecule has 0 radical (unpaired) electrons. The van der Waals surface area contributed by atoms with E-state index in [0.717, 1.165) is 80.1 Å². The van der Waals surface area contributed by atoms with Crippen LogP contribution in [0.15, 0.2) is 59.2 Å². The van der Waals surface area contributed by atoms with Crippen molar-refractivity contribution < 1.29 is 10.6 Å². The molecule has 2 saturated heterocycles. The first-order chi connectivity index (χ1) is 18.9. The SMILES string of the molecule is O=C(NCc1ccc(Br)cc1)c1cnc(N2CCN(C3CCN(Cc4ccc(Cl)c(F)c4)CC3)CC2)c(Cl)c1.[HH]. The Balaban J connectivity index is 0.00000370. The fraction of sp³-hybridized carbons (Fsp3) is 0.379. The number of benzene rings is 2. The van der Waals surface area contributed by atoms with Crippen molar-refractivity contribution in [2.75, 3.05) is 44.2 Å². The van der Waals surface area contributed by atoms with E-state index < -0.39 is 0 Å². The second kappa shape index (κ2) is 13.0. The lowest BCUT2D eigenvalue weighted by molar-refractivity contribution is 0.0950. The molecule has 6 nitrogen and oxygen atoms in total. The Bertz CT molecular complexity index is 1300. The fourth-order valence-electron chi connectivity index (χ4n) is 5.31. The molecule has 0 bridgehead atoms. The molecule has 39 heavy (non-hydrogen) atoms. The lowest BCUT2D eigenvalue weighted by Crippen LogP contribution is -2.53. The summed E-state index contributed by atoms with van der Waals surface area (Å²) in [5.74, 6) is 0.174. The van der Waals surface area contributed by atoms with Crippen LogP contribution < -0.4 is 10.2 Å². The number of amides is 1. The maximum atomic E-state index is 13.8. The molecule has 10 heteroatoms. The van der Waals surface area contributed by atoms with E-state index in [1.165, 1.54) is 6.07 Å². The highest BCUT2D eigenvalue weighted by Crippen LogP contribution is 2.27. The zero-order valence-corrected chi connectivity index (χ0v) is 24.7. The normalized spacial score (nSPS) is 17.4. The van der Waals surface area contributed by atoms with Gasteiger partial charge < -0.3 is 10.2 Å². The van der Waals surface area contributed by atoms with Crippen molar-refractivity contribution in [1.82, 2.24) is 20.1 Å². The van der Waals surface area contributed by atoms with Gasteiger partial charge in [0.25, 0.3) is 5.91 Å². The third-order valence-electron chi connectivity index (χ3n) is 7.53. The summed E-state index contributed by atoms with van der Waals surface area (Å²) in [7, 11) is 0. The van der Waals surface area contributed by atoms with Crippen molar-refractivity contribution in [2.45, 2.75) is 32.0 Å². The van der Waals surface area contributed by atoms with Crippen LogP contribution >= 0.6 is 39.1 Å². The number of halogens is 4. The molecule has 3 heterocycles. The lowest BCUT2D eigenvalue weighted by Gasteiger charge is -2.43. The molecule has 5 rings (SSSR count). The largest absolute Gasteiger partial charge is 0.353 e. The molecule has 2 fully saturated rings. The van der Waals surface area contributed by atoms with Crippen LogP contribution in [-0.2, 0) is 13.1 Å². The Hall–Kier alpha value is -2.23. The number of hydrogen-bond acceptors (Lipinski definition) is 5. The highest BCUT2D eigenvalue weighted by atomic mass is 79.9. The molecule has 1 N–H and O–H groups in total. The van der Waals surface area contributed by atoms with E-state index in [1.54, 1.807) is 18.3 Å². The van der Waals surface area contributed by atoms with E-state index in [0.29, 0.717) is 23.2 Å². The van der Waals surface area contributed by atoms with Crippen LogP contribution in [0.4, 0.5) is 10.2 Å². The topological polar surface area (TPSA) is 51.7 Å². The highest BCUT2D eigenvalue weighted by Gasteiger charge is 2.28. The number of hydrogen-bond donors (Lipinski definition) is 1. The van der Waals surface area contributed by atoms with Gasteiger partial charge in [-0.2, -0.15) is 0 Å². The third-order valence-corrected chi connectivity index (χ3v) is 8.64. The Morgan fingerprint density at radius 1 is 0.974 bits per heavy atom. The summed E-state index contributed by atoms with van der Waals surface area (Å²) < 4.78 is 14.8. The number of piperazine rings is 1. The number of likely N-dealkylation sites (tertiary alicyclic amines) is 1. The number of anilines is 1. The van der Waals surface area contributed by atoms with E-state index >= 15 is 0 Å². The summed E-state index contributed by atoms with van der Waals surface area (Å²) in [4.78, 5) is 24.3. The van der Waals surface area contributed by atoms with Gasteiger partial charge in [-0.05, 0) is 67.4 Å². The van der Waals surface area contributed by atoms with Gasteiger partial charge in [0.1, 0.15) is 11.6 Å². The Morgan fingerprint density at radius 2 is 1.67 bits per heavy atom. The molecule has 0 unspecified atom stereocenters. The molecule has 0 saturated carbocycles.